The Morgan fingerprint density at radius 3 is 2.50 bits per heavy atom. The lowest BCUT2D eigenvalue weighted by Crippen LogP contribution is -2.00. The first-order valence-electron chi connectivity index (χ1n) is 5.73. The first-order chi connectivity index (χ1) is 8.70. The number of rotatable bonds is 5. The van der Waals surface area contributed by atoms with E-state index in [-0.39, 0.29) is 5.78 Å². The molecule has 1 heterocycles. The van der Waals surface area contributed by atoms with Crippen LogP contribution in [0, 0.1) is 0 Å². The third-order valence-corrected chi connectivity index (χ3v) is 2.81. The minimum atomic E-state index is -0.136. The van der Waals surface area contributed by atoms with E-state index in [1.807, 2.05) is 6.92 Å². The van der Waals surface area contributed by atoms with Gasteiger partial charge in [-0.25, -0.2) is 0 Å². The van der Waals surface area contributed by atoms with Gasteiger partial charge in [-0.05, 0) is 58.7 Å². The van der Waals surface area contributed by atoms with Crippen molar-refractivity contribution in [3.8, 4) is 5.75 Å². The van der Waals surface area contributed by atoms with Crippen molar-refractivity contribution in [1.82, 2.24) is 0 Å². The van der Waals surface area contributed by atoms with Crippen LogP contribution >= 0.6 is 15.9 Å². The van der Waals surface area contributed by atoms with Gasteiger partial charge in [-0.3, -0.25) is 4.79 Å². The molecule has 0 saturated carbocycles. The SMILES string of the molecule is CCCOc1ccc(C(=O)c2ccc(Br)o2)cc1. The van der Waals surface area contributed by atoms with Crippen LogP contribution in [0.1, 0.15) is 29.5 Å². The summed E-state index contributed by atoms with van der Waals surface area (Å²) in [4.78, 5) is 12.0. The van der Waals surface area contributed by atoms with Crippen LogP contribution in [0.2, 0.25) is 0 Å². The van der Waals surface area contributed by atoms with Crippen molar-refractivity contribution in [3.05, 3.63) is 52.4 Å². The Kier molecular flexibility index (Phi) is 4.20. The zero-order valence-corrected chi connectivity index (χ0v) is 11.6. The van der Waals surface area contributed by atoms with Gasteiger partial charge in [0.25, 0.3) is 0 Å². The molecule has 18 heavy (non-hydrogen) atoms. The highest BCUT2D eigenvalue weighted by Gasteiger charge is 2.12. The summed E-state index contributed by atoms with van der Waals surface area (Å²) < 4.78 is 11.2. The molecule has 0 bridgehead atoms. The molecule has 1 aromatic carbocycles. The standard InChI is InChI=1S/C14H13BrO3/c1-2-9-17-11-5-3-10(4-6-11)14(16)12-7-8-13(15)18-12/h3-8H,2,9H2,1H3. The van der Waals surface area contributed by atoms with Crippen molar-refractivity contribution in [2.75, 3.05) is 6.61 Å². The van der Waals surface area contributed by atoms with E-state index in [1.54, 1.807) is 36.4 Å². The minimum absolute atomic E-state index is 0.136. The molecule has 0 N–H and O–H groups in total. The summed E-state index contributed by atoms with van der Waals surface area (Å²) in [7, 11) is 0. The first-order valence-corrected chi connectivity index (χ1v) is 6.53. The van der Waals surface area contributed by atoms with E-state index in [2.05, 4.69) is 15.9 Å². The van der Waals surface area contributed by atoms with E-state index in [0.29, 0.717) is 22.6 Å². The second-order valence-corrected chi connectivity index (χ2v) is 4.59. The van der Waals surface area contributed by atoms with Gasteiger partial charge in [0.05, 0.1) is 6.61 Å². The van der Waals surface area contributed by atoms with Crippen molar-refractivity contribution in [3.63, 3.8) is 0 Å². The molecule has 2 aromatic rings. The number of carbonyl (C=O) groups excluding carboxylic acids is 1. The molecule has 0 unspecified atom stereocenters. The van der Waals surface area contributed by atoms with Crippen molar-refractivity contribution >= 4 is 21.7 Å². The Morgan fingerprint density at radius 1 is 1.22 bits per heavy atom. The molecule has 0 spiro atoms. The molecule has 4 heteroatoms. The maximum absolute atomic E-state index is 12.0. The zero-order valence-electron chi connectivity index (χ0n) is 9.98. The largest absolute Gasteiger partial charge is 0.494 e. The number of ketones is 1. The van der Waals surface area contributed by atoms with Crippen LogP contribution in [-0.4, -0.2) is 12.4 Å². The lowest BCUT2D eigenvalue weighted by Gasteiger charge is -2.04. The fourth-order valence-corrected chi connectivity index (χ4v) is 1.81. The van der Waals surface area contributed by atoms with Crippen molar-refractivity contribution < 1.29 is 13.9 Å². The fourth-order valence-electron chi connectivity index (χ4n) is 1.50. The molecule has 0 saturated heterocycles. The Bertz CT molecular complexity index is 528. The van der Waals surface area contributed by atoms with Crippen LogP contribution in [0.4, 0.5) is 0 Å². The number of halogens is 1. The molecule has 3 nitrogen and oxygen atoms in total. The molecule has 0 amide bonds. The van der Waals surface area contributed by atoms with E-state index >= 15 is 0 Å². The Labute approximate surface area is 114 Å². The average molecular weight is 309 g/mol. The van der Waals surface area contributed by atoms with E-state index in [0.717, 1.165) is 12.2 Å². The molecule has 0 atom stereocenters. The summed E-state index contributed by atoms with van der Waals surface area (Å²) in [5, 5.41) is 0. The Hall–Kier alpha value is -1.55. The molecule has 0 aliphatic carbocycles. The fraction of sp³-hybridized carbons (Fsp3) is 0.214. The predicted octanol–water partition coefficient (Wildman–Crippen LogP) is 4.06. The highest BCUT2D eigenvalue weighted by molar-refractivity contribution is 9.10. The van der Waals surface area contributed by atoms with E-state index in [4.69, 9.17) is 9.15 Å². The zero-order chi connectivity index (χ0) is 13.0. The summed E-state index contributed by atoms with van der Waals surface area (Å²) in [6.45, 7) is 2.73. The van der Waals surface area contributed by atoms with Gasteiger partial charge in [0.15, 0.2) is 10.4 Å². The molecule has 0 fully saturated rings. The number of hydrogen-bond acceptors (Lipinski definition) is 3. The molecular formula is C14H13BrO3. The summed E-state index contributed by atoms with van der Waals surface area (Å²) >= 11 is 3.17. The molecule has 2 rings (SSSR count). The molecular weight excluding hydrogens is 296 g/mol. The van der Waals surface area contributed by atoms with Crippen LogP contribution in [0.15, 0.2) is 45.5 Å². The number of hydrogen-bond donors (Lipinski definition) is 0. The first kappa shape index (κ1) is 12.9. The minimum Gasteiger partial charge on any atom is -0.494 e. The summed E-state index contributed by atoms with van der Waals surface area (Å²) in [5.41, 5.74) is 0.584. The highest BCUT2D eigenvalue weighted by atomic mass is 79.9. The monoisotopic (exact) mass is 308 g/mol. The van der Waals surface area contributed by atoms with E-state index in [1.165, 1.54) is 0 Å². The summed E-state index contributed by atoms with van der Waals surface area (Å²) in [6.07, 6.45) is 0.959. The Morgan fingerprint density at radius 2 is 1.94 bits per heavy atom. The second-order valence-electron chi connectivity index (χ2n) is 3.81. The second kappa shape index (κ2) is 5.87. The maximum Gasteiger partial charge on any atom is 0.228 e. The third kappa shape index (κ3) is 3.01. The molecule has 0 aliphatic heterocycles. The van der Waals surface area contributed by atoms with Crippen LogP contribution < -0.4 is 4.74 Å². The quantitative estimate of drug-likeness (QED) is 0.782. The van der Waals surface area contributed by atoms with Gasteiger partial charge < -0.3 is 9.15 Å². The maximum atomic E-state index is 12.0. The smallest absolute Gasteiger partial charge is 0.228 e. The lowest BCUT2D eigenvalue weighted by atomic mass is 10.1. The average Bonchev–Trinajstić information content (AvgIpc) is 2.83. The van der Waals surface area contributed by atoms with Crippen LogP contribution in [0.5, 0.6) is 5.75 Å². The van der Waals surface area contributed by atoms with E-state index < -0.39 is 0 Å². The molecule has 0 aliphatic rings. The van der Waals surface area contributed by atoms with Crippen LogP contribution in [0.25, 0.3) is 0 Å². The highest BCUT2D eigenvalue weighted by Crippen LogP contribution is 2.19. The molecule has 1 aromatic heterocycles. The van der Waals surface area contributed by atoms with Crippen molar-refractivity contribution in [1.29, 1.82) is 0 Å². The topological polar surface area (TPSA) is 39.4 Å². The van der Waals surface area contributed by atoms with Gasteiger partial charge in [-0.1, -0.05) is 6.92 Å². The van der Waals surface area contributed by atoms with Crippen LogP contribution in [0.3, 0.4) is 0 Å². The summed E-state index contributed by atoms with van der Waals surface area (Å²) in [6, 6.07) is 10.4. The van der Waals surface area contributed by atoms with E-state index in [9.17, 15) is 4.79 Å². The van der Waals surface area contributed by atoms with Crippen molar-refractivity contribution in [2.24, 2.45) is 0 Å². The Balaban J connectivity index is 2.12. The normalized spacial score (nSPS) is 10.3. The predicted molar refractivity (Wildman–Crippen MR) is 72.1 cm³/mol. The van der Waals surface area contributed by atoms with Gasteiger partial charge >= 0.3 is 0 Å². The molecule has 94 valence electrons. The van der Waals surface area contributed by atoms with Crippen molar-refractivity contribution in [2.45, 2.75) is 13.3 Å². The number of benzene rings is 1. The van der Waals surface area contributed by atoms with Gasteiger partial charge in [0, 0.05) is 5.56 Å². The number of carbonyl (C=O) groups is 1. The molecule has 0 radical (unpaired) electrons. The third-order valence-electron chi connectivity index (χ3n) is 2.39. The lowest BCUT2D eigenvalue weighted by molar-refractivity contribution is 0.101. The van der Waals surface area contributed by atoms with Gasteiger partial charge in [-0.15, -0.1) is 0 Å². The van der Waals surface area contributed by atoms with Gasteiger partial charge in [0.1, 0.15) is 5.75 Å². The van der Waals surface area contributed by atoms with Gasteiger partial charge in [0.2, 0.25) is 5.78 Å². The van der Waals surface area contributed by atoms with Gasteiger partial charge in [-0.2, -0.15) is 0 Å². The summed E-state index contributed by atoms with van der Waals surface area (Å²) in [5.74, 6) is 0.959. The number of ether oxygens (including phenoxy) is 1. The number of furan rings is 1. The van der Waals surface area contributed by atoms with Crippen LogP contribution in [-0.2, 0) is 0 Å².